The third-order valence-electron chi connectivity index (χ3n) is 2.45. The first kappa shape index (κ1) is 13.0. The first-order valence-corrected chi connectivity index (χ1v) is 5.70. The summed E-state index contributed by atoms with van der Waals surface area (Å²) in [5, 5.41) is 19.5. The van der Waals surface area contributed by atoms with Gasteiger partial charge in [-0.25, -0.2) is 4.79 Å². The number of aromatic carboxylic acids is 1. The Morgan fingerprint density at radius 3 is 2.67 bits per heavy atom. The van der Waals surface area contributed by atoms with Crippen LogP contribution in [0.2, 0.25) is 10.0 Å². The minimum absolute atomic E-state index is 0.0772. The van der Waals surface area contributed by atoms with Gasteiger partial charge in [-0.15, -0.1) is 0 Å². The second-order valence-corrected chi connectivity index (χ2v) is 4.33. The third-order valence-corrected chi connectivity index (χ3v) is 3.28. The highest BCUT2D eigenvalue weighted by atomic mass is 35.5. The molecule has 6 heteroatoms. The van der Waals surface area contributed by atoms with E-state index in [1.807, 2.05) is 0 Å². The highest BCUT2D eigenvalue weighted by Crippen LogP contribution is 2.34. The van der Waals surface area contributed by atoms with Crippen LogP contribution >= 0.6 is 23.2 Å². The summed E-state index contributed by atoms with van der Waals surface area (Å²) in [7, 11) is 0. The summed E-state index contributed by atoms with van der Waals surface area (Å²) in [6.45, 7) is 0. The molecule has 1 heterocycles. The van der Waals surface area contributed by atoms with Gasteiger partial charge in [0, 0.05) is 5.56 Å². The van der Waals surface area contributed by atoms with Crippen molar-refractivity contribution in [1.82, 2.24) is 0 Å². The Morgan fingerprint density at radius 1 is 1.28 bits per heavy atom. The van der Waals surface area contributed by atoms with Gasteiger partial charge in [0.2, 0.25) is 0 Å². The number of aliphatic hydroxyl groups excluding tert-OH is 1. The molecule has 0 fully saturated rings. The van der Waals surface area contributed by atoms with Gasteiger partial charge in [0.25, 0.3) is 0 Å². The third kappa shape index (κ3) is 2.22. The minimum atomic E-state index is -1.28. The summed E-state index contributed by atoms with van der Waals surface area (Å²) in [6.07, 6.45) is -0.0854. The molecule has 0 aliphatic rings. The summed E-state index contributed by atoms with van der Waals surface area (Å²) >= 11 is 11.8. The van der Waals surface area contributed by atoms with Crippen molar-refractivity contribution in [1.29, 1.82) is 0 Å². The van der Waals surface area contributed by atoms with Gasteiger partial charge in [0.05, 0.1) is 16.3 Å². The molecule has 2 rings (SSSR count). The van der Waals surface area contributed by atoms with Crippen LogP contribution < -0.4 is 0 Å². The second-order valence-electron chi connectivity index (χ2n) is 3.55. The van der Waals surface area contributed by atoms with Crippen LogP contribution in [0.15, 0.2) is 34.9 Å². The highest BCUT2D eigenvalue weighted by molar-refractivity contribution is 6.42. The Labute approximate surface area is 112 Å². The van der Waals surface area contributed by atoms with Gasteiger partial charge in [0.1, 0.15) is 11.7 Å². The fraction of sp³-hybridized carbons (Fsp3) is 0.0833. The van der Waals surface area contributed by atoms with Crippen LogP contribution in [0.1, 0.15) is 27.8 Å². The average molecular weight is 287 g/mol. The van der Waals surface area contributed by atoms with Gasteiger partial charge in [0.15, 0.2) is 5.76 Å². The summed E-state index contributed by atoms with van der Waals surface area (Å²) in [6, 6.07) is 5.99. The topological polar surface area (TPSA) is 70.7 Å². The van der Waals surface area contributed by atoms with Gasteiger partial charge in [-0.1, -0.05) is 35.3 Å². The number of halogens is 2. The van der Waals surface area contributed by atoms with E-state index in [-0.39, 0.29) is 21.4 Å². The van der Waals surface area contributed by atoms with E-state index in [0.717, 1.165) is 0 Å². The Balaban J connectivity index is 2.48. The van der Waals surface area contributed by atoms with Gasteiger partial charge in [-0.05, 0) is 12.1 Å². The van der Waals surface area contributed by atoms with Crippen molar-refractivity contribution in [3.63, 3.8) is 0 Å². The molecule has 0 bridgehead atoms. The number of carboxylic acids is 1. The smallest absolute Gasteiger partial charge is 0.339 e. The largest absolute Gasteiger partial charge is 0.478 e. The average Bonchev–Trinajstić information content (AvgIpc) is 2.81. The fourth-order valence-electron chi connectivity index (χ4n) is 1.58. The lowest BCUT2D eigenvalue weighted by atomic mass is 10.0. The zero-order valence-corrected chi connectivity index (χ0v) is 10.4. The summed E-state index contributed by atoms with van der Waals surface area (Å²) in [4.78, 5) is 10.9. The number of hydrogen-bond donors (Lipinski definition) is 2. The molecule has 0 amide bonds. The maximum atomic E-state index is 10.9. The lowest BCUT2D eigenvalue weighted by Gasteiger charge is -2.12. The number of rotatable bonds is 3. The number of hydrogen-bond acceptors (Lipinski definition) is 3. The number of carbonyl (C=O) groups is 1. The number of furan rings is 1. The van der Waals surface area contributed by atoms with Crippen molar-refractivity contribution in [2.24, 2.45) is 0 Å². The van der Waals surface area contributed by atoms with Crippen LogP contribution in [0, 0.1) is 0 Å². The number of benzene rings is 1. The molecule has 0 aliphatic carbocycles. The maximum absolute atomic E-state index is 10.9. The molecule has 0 aliphatic heterocycles. The molecule has 1 atom stereocenters. The second kappa shape index (κ2) is 5.02. The van der Waals surface area contributed by atoms with Crippen molar-refractivity contribution in [2.45, 2.75) is 6.10 Å². The quantitative estimate of drug-likeness (QED) is 0.908. The molecule has 1 aromatic carbocycles. The Hall–Kier alpha value is -1.49. The molecule has 1 unspecified atom stereocenters. The van der Waals surface area contributed by atoms with Gasteiger partial charge < -0.3 is 14.6 Å². The molecular formula is C12H8Cl2O4. The van der Waals surface area contributed by atoms with Gasteiger partial charge >= 0.3 is 5.97 Å². The number of carboxylic acid groups (broad SMARTS) is 1. The molecule has 2 aromatic rings. The zero-order valence-electron chi connectivity index (χ0n) is 8.93. The van der Waals surface area contributed by atoms with Crippen molar-refractivity contribution in [3.05, 3.63) is 57.5 Å². The van der Waals surface area contributed by atoms with Crippen molar-refractivity contribution in [2.75, 3.05) is 0 Å². The predicted molar refractivity (Wildman–Crippen MR) is 66.2 cm³/mol. The molecule has 4 nitrogen and oxygen atoms in total. The lowest BCUT2D eigenvalue weighted by Crippen LogP contribution is -2.06. The molecular weight excluding hydrogens is 279 g/mol. The van der Waals surface area contributed by atoms with E-state index >= 15 is 0 Å². The molecule has 0 spiro atoms. The standard InChI is InChI=1S/C12H8Cl2O4/c13-8-3-1-2-6(9(8)14)10(15)11-7(12(16)17)4-5-18-11/h1-5,10,15H,(H,16,17). The van der Waals surface area contributed by atoms with E-state index in [2.05, 4.69) is 0 Å². The summed E-state index contributed by atoms with van der Waals surface area (Å²) < 4.78 is 5.00. The Bertz CT molecular complexity index is 592. The van der Waals surface area contributed by atoms with Crippen LogP contribution in [-0.2, 0) is 0 Å². The monoisotopic (exact) mass is 286 g/mol. The Kier molecular flexibility index (Phi) is 3.61. The molecule has 0 saturated heterocycles. The first-order valence-electron chi connectivity index (χ1n) is 4.95. The molecule has 94 valence electrons. The van der Waals surface area contributed by atoms with E-state index in [9.17, 15) is 9.90 Å². The van der Waals surface area contributed by atoms with E-state index in [4.69, 9.17) is 32.7 Å². The van der Waals surface area contributed by atoms with Crippen LogP contribution in [0.3, 0.4) is 0 Å². The maximum Gasteiger partial charge on any atom is 0.339 e. The van der Waals surface area contributed by atoms with Crippen LogP contribution in [0.5, 0.6) is 0 Å². The first-order chi connectivity index (χ1) is 8.52. The van der Waals surface area contributed by atoms with Crippen molar-refractivity contribution in [3.8, 4) is 0 Å². The molecule has 0 saturated carbocycles. The van der Waals surface area contributed by atoms with E-state index in [1.165, 1.54) is 12.3 Å². The summed E-state index contributed by atoms with van der Waals surface area (Å²) in [5.41, 5.74) is 0.181. The predicted octanol–water partition coefficient (Wildman–Crippen LogP) is 3.37. The van der Waals surface area contributed by atoms with Crippen LogP contribution in [0.4, 0.5) is 0 Å². The van der Waals surface area contributed by atoms with Gasteiger partial charge in [-0.3, -0.25) is 0 Å². The normalized spacial score (nSPS) is 12.4. The SMILES string of the molecule is O=C(O)c1ccoc1C(O)c1cccc(Cl)c1Cl. The van der Waals surface area contributed by atoms with E-state index in [0.29, 0.717) is 5.56 Å². The highest BCUT2D eigenvalue weighted by Gasteiger charge is 2.24. The molecule has 18 heavy (non-hydrogen) atoms. The van der Waals surface area contributed by atoms with Gasteiger partial charge in [-0.2, -0.15) is 0 Å². The Morgan fingerprint density at radius 2 is 2.00 bits per heavy atom. The van der Waals surface area contributed by atoms with Crippen molar-refractivity contribution >= 4 is 29.2 Å². The fourth-order valence-corrected chi connectivity index (χ4v) is 1.99. The molecule has 2 N–H and O–H groups in total. The molecule has 1 aromatic heterocycles. The minimum Gasteiger partial charge on any atom is -0.478 e. The van der Waals surface area contributed by atoms with Crippen LogP contribution in [0.25, 0.3) is 0 Å². The van der Waals surface area contributed by atoms with E-state index < -0.39 is 12.1 Å². The summed E-state index contributed by atoms with van der Waals surface area (Å²) in [5.74, 6) is -1.26. The number of aliphatic hydroxyl groups is 1. The zero-order chi connectivity index (χ0) is 13.3. The van der Waals surface area contributed by atoms with E-state index in [1.54, 1.807) is 18.2 Å². The lowest BCUT2D eigenvalue weighted by molar-refractivity contribution is 0.0687. The van der Waals surface area contributed by atoms with Crippen LogP contribution in [-0.4, -0.2) is 16.2 Å². The molecule has 0 radical (unpaired) electrons. The van der Waals surface area contributed by atoms with Crippen molar-refractivity contribution < 1.29 is 19.4 Å².